The first-order chi connectivity index (χ1) is 12.0. The predicted molar refractivity (Wildman–Crippen MR) is 92.6 cm³/mol. The minimum Gasteiger partial charge on any atom is -0.399 e. The highest BCUT2D eigenvalue weighted by Gasteiger charge is 2.21. The van der Waals surface area contributed by atoms with Gasteiger partial charge in [-0.2, -0.15) is 0 Å². The second-order valence-electron chi connectivity index (χ2n) is 5.30. The van der Waals surface area contributed by atoms with Gasteiger partial charge in [-0.05, 0) is 48.5 Å². The molecule has 0 amide bonds. The van der Waals surface area contributed by atoms with E-state index in [1.807, 2.05) is 0 Å². The summed E-state index contributed by atoms with van der Waals surface area (Å²) < 4.78 is 27.5. The van der Waals surface area contributed by atoms with Gasteiger partial charge in [0.25, 0.3) is 0 Å². The summed E-state index contributed by atoms with van der Waals surface area (Å²) in [4.78, 5) is 16.4. The van der Waals surface area contributed by atoms with Crippen LogP contribution in [0.3, 0.4) is 0 Å². The molecule has 0 radical (unpaired) electrons. The molecule has 1 heterocycles. The van der Waals surface area contributed by atoms with E-state index in [2.05, 4.69) is 10.3 Å². The van der Waals surface area contributed by atoms with Crippen molar-refractivity contribution in [2.45, 2.75) is 0 Å². The van der Waals surface area contributed by atoms with Crippen LogP contribution < -0.4 is 16.8 Å². The monoisotopic (exact) mass is 340 g/mol. The SMILES string of the molecule is Nc1ccc(Nc2ccc(C(=O)c3c(F)cccc3F)c(N)n2)cc1. The molecule has 0 aliphatic rings. The van der Waals surface area contributed by atoms with Crippen LogP contribution in [-0.4, -0.2) is 10.8 Å². The number of anilines is 4. The van der Waals surface area contributed by atoms with Crippen LogP contribution in [0, 0.1) is 11.6 Å². The van der Waals surface area contributed by atoms with Crippen LogP contribution in [-0.2, 0) is 0 Å². The van der Waals surface area contributed by atoms with Gasteiger partial charge >= 0.3 is 0 Å². The molecule has 0 spiro atoms. The van der Waals surface area contributed by atoms with Gasteiger partial charge in [-0.25, -0.2) is 13.8 Å². The van der Waals surface area contributed by atoms with Gasteiger partial charge in [-0.15, -0.1) is 0 Å². The van der Waals surface area contributed by atoms with Crippen molar-refractivity contribution in [3.8, 4) is 0 Å². The van der Waals surface area contributed by atoms with Crippen molar-refractivity contribution in [1.82, 2.24) is 4.98 Å². The minimum absolute atomic E-state index is 0.0770. The molecule has 5 N–H and O–H groups in total. The second kappa shape index (κ2) is 6.56. The Labute approximate surface area is 142 Å². The summed E-state index contributed by atoms with van der Waals surface area (Å²) in [6.07, 6.45) is 0. The summed E-state index contributed by atoms with van der Waals surface area (Å²) in [5, 5.41) is 2.99. The lowest BCUT2D eigenvalue weighted by atomic mass is 10.0. The molecule has 2 aromatic carbocycles. The van der Waals surface area contributed by atoms with E-state index in [4.69, 9.17) is 11.5 Å². The topological polar surface area (TPSA) is 94.0 Å². The van der Waals surface area contributed by atoms with E-state index in [9.17, 15) is 13.6 Å². The van der Waals surface area contributed by atoms with Crippen LogP contribution in [0.1, 0.15) is 15.9 Å². The first-order valence-corrected chi connectivity index (χ1v) is 7.33. The summed E-state index contributed by atoms with van der Waals surface area (Å²) in [5.41, 5.74) is 12.0. The van der Waals surface area contributed by atoms with Gasteiger partial charge < -0.3 is 16.8 Å². The molecule has 25 heavy (non-hydrogen) atoms. The van der Waals surface area contributed by atoms with Gasteiger partial charge in [0.2, 0.25) is 5.78 Å². The average molecular weight is 340 g/mol. The van der Waals surface area contributed by atoms with Crippen LogP contribution in [0.5, 0.6) is 0 Å². The summed E-state index contributed by atoms with van der Waals surface area (Å²) in [5.74, 6) is -2.51. The highest BCUT2D eigenvalue weighted by atomic mass is 19.1. The molecule has 0 unspecified atom stereocenters. The normalized spacial score (nSPS) is 10.5. The number of ketones is 1. The number of pyridine rings is 1. The maximum absolute atomic E-state index is 13.8. The van der Waals surface area contributed by atoms with Crippen LogP contribution in [0.25, 0.3) is 0 Å². The Hall–Kier alpha value is -3.48. The molecule has 0 saturated carbocycles. The van der Waals surface area contributed by atoms with Gasteiger partial charge in [0.15, 0.2) is 0 Å². The number of nitrogen functional groups attached to an aromatic ring is 2. The summed E-state index contributed by atoms with van der Waals surface area (Å²) in [6, 6.07) is 13.0. The van der Waals surface area contributed by atoms with Crippen molar-refractivity contribution in [1.29, 1.82) is 0 Å². The standard InChI is InChI=1S/C18H14F2N4O/c19-13-2-1-3-14(20)16(13)17(25)12-8-9-15(24-18(12)22)23-11-6-4-10(21)5-7-11/h1-9H,21H2,(H3,22,23,24). The maximum atomic E-state index is 13.8. The number of nitrogens with one attached hydrogen (secondary N) is 1. The van der Waals surface area contributed by atoms with Gasteiger partial charge in [-0.3, -0.25) is 4.79 Å². The minimum atomic E-state index is -0.950. The van der Waals surface area contributed by atoms with Crippen LogP contribution in [0.15, 0.2) is 54.6 Å². The van der Waals surface area contributed by atoms with Crippen molar-refractivity contribution >= 4 is 28.8 Å². The number of benzene rings is 2. The molecular weight excluding hydrogens is 326 g/mol. The van der Waals surface area contributed by atoms with Crippen molar-refractivity contribution in [3.05, 3.63) is 77.4 Å². The zero-order valence-electron chi connectivity index (χ0n) is 13.0. The van der Waals surface area contributed by atoms with Gasteiger partial charge in [0.1, 0.15) is 23.3 Å². The summed E-state index contributed by atoms with van der Waals surface area (Å²) in [6.45, 7) is 0. The van der Waals surface area contributed by atoms with Crippen LogP contribution in [0.2, 0.25) is 0 Å². The van der Waals surface area contributed by atoms with Gasteiger partial charge in [-0.1, -0.05) is 6.07 Å². The molecule has 0 bridgehead atoms. The number of carbonyl (C=O) groups is 1. The third-order valence-electron chi connectivity index (χ3n) is 3.54. The van der Waals surface area contributed by atoms with Gasteiger partial charge in [0.05, 0.1) is 11.1 Å². The number of hydrogen-bond acceptors (Lipinski definition) is 5. The number of nitrogens with zero attached hydrogens (tertiary/aromatic N) is 1. The lowest BCUT2D eigenvalue weighted by Crippen LogP contribution is -2.11. The zero-order valence-corrected chi connectivity index (χ0v) is 13.0. The molecule has 0 fully saturated rings. The lowest BCUT2D eigenvalue weighted by molar-refractivity contribution is 0.103. The number of halogens is 2. The van der Waals surface area contributed by atoms with E-state index in [-0.39, 0.29) is 11.4 Å². The van der Waals surface area contributed by atoms with Gasteiger partial charge in [0, 0.05) is 11.4 Å². The largest absolute Gasteiger partial charge is 0.399 e. The smallest absolute Gasteiger partial charge is 0.202 e. The van der Waals surface area contributed by atoms with E-state index >= 15 is 0 Å². The molecule has 126 valence electrons. The molecule has 5 nitrogen and oxygen atoms in total. The first kappa shape index (κ1) is 16.4. The molecule has 0 aliphatic carbocycles. The fourth-order valence-electron chi connectivity index (χ4n) is 2.30. The molecular formula is C18H14F2N4O. The predicted octanol–water partition coefficient (Wildman–Crippen LogP) is 3.50. The summed E-state index contributed by atoms with van der Waals surface area (Å²) in [7, 11) is 0. The summed E-state index contributed by atoms with van der Waals surface area (Å²) >= 11 is 0. The number of nitrogens with two attached hydrogens (primary N) is 2. The Kier molecular flexibility index (Phi) is 4.30. The van der Waals surface area contributed by atoms with E-state index < -0.39 is 23.0 Å². The highest BCUT2D eigenvalue weighted by Crippen LogP contribution is 2.23. The number of aromatic nitrogens is 1. The Morgan fingerprint density at radius 1 is 0.920 bits per heavy atom. The Morgan fingerprint density at radius 2 is 1.56 bits per heavy atom. The second-order valence-corrected chi connectivity index (χ2v) is 5.30. The molecule has 7 heteroatoms. The first-order valence-electron chi connectivity index (χ1n) is 7.33. The van der Waals surface area contributed by atoms with E-state index in [1.165, 1.54) is 18.2 Å². The zero-order chi connectivity index (χ0) is 18.0. The lowest BCUT2D eigenvalue weighted by Gasteiger charge is -2.10. The van der Waals surface area contributed by atoms with Crippen molar-refractivity contribution in [2.75, 3.05) is 16.8 Å². The van der Waals surface area contributed by atoms with Crippen LogP contribution >= 0.6 is 0 Å². The molecule has 0 atom stereocenters. The fourth-order valence-corrected chi connectivity index (χ4v) is 2.30. The Balaban J connectivity index is 1.89. The average Bonchev–Trinajstić information content (AvgIpc) is 2.57. The van der Waals surface area contributed by atoms with Crippen molar-refractivity contribution < 1.29 is 13.6 Å². The third-order valence-corrected chi connectivity index (χ3v) is 3.54. The Morgan fingerprint density at radius 3 is 2.16 bits per heavy atom. The van der Waals surface area contributed by atoms with Crippen molar-refractivity contribution in [2.24, 2.45) is 0 Å². The highest BCUT2D eigenvalue weighted by molar-refractivity contribution is 6.12. The number of hydrogen-bond donors (Lipinski definition) is 3. The molecule has 1 aromatic heterocycles. The fraction of sp³-hybridized carbons (Fsp3) is 0. The van der Waals surface area contributed by atoms with E-state index in [1.54, 1.807) is 24.3 Å². The molecule has 0 aliphatic heterocycles. The number of rotatable bonds is 4. The Bertz CT molecular complexity index is 922. The quantitative estimate of drug-likeness (QED) is 0.499. The molecule has 0 saturated heterocycles. The third kappa shape index (κ3) is 3.40. The maximum Gasteiger partial charge on any atom is 0.202 e. The molecule has 3 rings (SSSR count). The van der Waals surface area contributed by atoms with E-state index in [0.717, 1.165) is 17.8 Å². The number of carbonyl (C=O) groups excluding carboxylic acids is 1. The molecule has 3 aromatic rings. The van der Waals surface area contributed by atoms with Crippen LogP contribution in [0.4, 0.5) is 31.8 Å². The van der Waals surface area contributed by atoms with E-state index in [0.29, 0.717) is 11.5 Å². The van der Waals surface area contributed by atoms with Crippen molar-refractivity contribution in [3.63, 3.8) is 0 Å².